The highest BCUT2D eigenvalue weighted by atomic mass is 16.4. The molecule has 0 aromatic heterocycles. The molecule has 1 saturated heterocycles. The average Bonchev–Trinajstić information content (AvgIpc) is 2.82. The second kappa shape index (κ2) is 6.04. The monoisotopic (exact) mass is 351 g/mol. The van der Waals surface area contributed by atoms with Gasteiger partial charge < -0.3 is 20.6 Å². The van der Waals surface area contributed by atoms with Gasteiger partial charge in [-0.15, -0.1) is 0 Å². The van der Waals surface area contributed by atoms with E-state index >= 15 is 0 Å². The molecule has 2 aliphatic rings. The second-order valence-electron chi connectivity index (χ2n) is 8.91. The van der Waals surface area contributed by atoms with Gasteiger partial charge in [-0.1, -0.05) is 41.2 Å². The fourth-order valence-corrected chi connectivity index (χ4v) is 3.97. The molecule has 1 aliphatic heterocycles. The van der Waals surface area contributed by atoms with Gasteiger partial charge in [0.2, 0.25) is 5.91 Å². The van der Waals surface area contributed by atoms with Crippen LogP contribution < -0.4 is 10.6 Å². The van der Waals surface area contributed by atoms with Gasteiger partial charge in [-0.2, -0.15) is 0 Å². The molecule has 0 unspecified atom stereocenters. The first-order valence-electron chi connectivity index (χ1n) is 8.54. The molecule has 7 nitrogen and oxygen atoms in total. The van der Waals surface area contributed by atoms with Crippen LogP contribution in [-0.4, -0.2) is 46.5 Å². The summed E-state index contributed by atoms with van der Waals surface area (Å²) < 4.78 is 0. The molecule has 25 heavy (non-hydrogen) atoms. The Labute approximate surface area is 148 Å². The number of carbonyl (C=O) groups excluding carboxylic acids is 2. The lowest BCUT2D eigenvalue weighted by Crippen LogP contribution is -2.59. The van der Waals surface area contributed by atoms with Crippen LogP contribution in [0.4, 0.5) is 4.79 Å². The van der Waals surface area contributed by atoms with Gasteiger partial charge in [0.25, 0.3) is 0 Å². The quantitative estimate of drug-likeness (QED) is 0.719. The van der Waals surface area contributed by atoms with Crippen molar-refractivity contribution < 1.29 is 19.5 Å². The molecule has 2 fully saturated rings. The maximum atomic E-state index is 13.1. The van der Waals surface area contributed by atoms with Crippen LogP contribution in [0.1, 0.15) is 41.5 Å². The minimum atomic E-state index is -0.981. The molecule has 0 radical (unpaired) electrons. The summed E-state index contributed by atoms with van der Waals surface area (Å²) in [6, 6.07) is -2.17. The number of nitrogens with one attached hydrogen (secondary N) is 2. The number of aliphatic carboxylic acids is 1. The molecule has 1 heterocycles. The molecule has 140 valence electrons. The zero-order valence-electron chi connectivity index (χ0n) is 15.8. The predicted molar refractivity (Wildman–Crippen MR) is 93.6 cm³/mol. The molecular weight excluding hydrogens is 322 g/mol. The number of urea groups is 1. The Hall–Kier alpha value is -2.05. The van der Waals surface area contributed by atoms with Crippen molar-refractivity contribution >= 4 is 17.9 Å². The zero-order chi connectivity index (χ0) is 19.3. The Morgan fingerprint density at radius 1 is 1.28 bits per heavy atom. The maximum absolute atomic E-state index is 13.1. The number of nitrogens with zero attached hydrogens (tertiary/aromatic N) is 1. The number of hydrogen-bond donors (Lipinski definition) is 3. The summed E-state index contributed by atoms with van der Waals surface area (Å²) in [5.74, 6) is -1.16. The van der Waals surface area contributed by atoms with Crippen molar-refractivity contribution in [2.75, 3.05) is 6.54 Å². The van der Waals surface area contributed by atoms with Gasteiger partial charge in [0.15, 0.2) is 0 Å². The van der Waals surface area contributed by atoms with Crippen molar-refractivity contribution in [3.63, 3.8) is 0 Å². The van der Waals surface area contributed by atoms with Gasteiger partial charge in [0.05, 0.1) is 0 Å². The number of carbonyl (C=O) groups is 3. The highest BCUT2D eigenvalue weighted by Gasteiger charge is 2.70. The molecular formula is C18H29N3O4. The van der Waals surface area contributed by atoms with E-state index in [4.69, 9.17) is 0 Å². The van der Waals surface area contributed by atoms with Crippen molar-refractivity contribution in [2.24, 2.45) is 22.7 Å². The fourth-order valence-electron chi connectivity index (χ4n) is 3.97. The standard InChI is InChI=1S/C18H29N3O4/c1-9(2)19-16(25)20-13(17(3,4)5)14(22)21-8-10-11(18(10,6)7)12(21)15(23)24/h10-13H,1,8H2,2-7H3,(H,23,24)(H2,19,20,25)/t10-,11-,12-,13+/m0/s1. The van der Waals surface area contributed by atoms with Crippen molar-refractivity contribution in [2.45, 2.75) is 53.6 Å². The first-order chi connectivity index (χ1) is 11.3. The van der Waals surface area contributed by atoms with E-state index < -0.39 is 29.5 Å². The summed E-state index contributed by atoms with van der Waals surface area (Å²) in [7, 11) is 0. The van der Waals surface area contributed by atoms with Crippen molar-refractivity contribution in [1.29, 1.82) is 0 Å². The number of hydrogen-bond acceptors (Lipinski definition) is 3. The number of piperidine rings is 1. The third-order valence-corrected chi connectivity index (χ3v) is 5.46. The summed E-state index contributed by atoms with van der Waals surface area (Å²) in [5, 5.41) is 14.8. The lowest BCUT2D eigenvalue weighted by molar-refractivity contribution is -0.152. The van der Waals surface area contributed by atoms with E-state index in [1.807, 2.05) is 34.6 Å². The summed E-state index contributed by atoms with van der Waals surface area (Å²) in [4.78, 5) is 38.4. The molecule has 3 N–H and O–H groups in total. The number of likely N-dealkylation sites (tertiary alicyclic amines) is 1. The Balaban J connectivity index is 2.21. The molecule has 1 aliphatic carbocycles. The van der Waals surface area contributed by atoms with Crippen LogP contribution in [0, 0.1) is 22.7 Å². The third-order valence-electron chi connectivity index (χ3n) is 5.46. The van der Waals surface area contributed by atoms with E-state index in [0.29, 0.717) is 12.2 Å². The molecule has 3 amide bonds. The molecule has 0 bridgehead atoms. The lowest BCUT2D eigenvalue weighted by Gasteiger charge is -2.36. The molecule has 0 spiro atoms. The first-order valence-corrected chi connectivity index (χ1v) is 8.54. The van der Waals surface area contributed by atoms with E-state index in [2.05, 4.69) is 17.2 Å². The SMILES string of the molecule is C=C(C)NC(=O)N[C@H](C(=O)N1C[C@H]2[C@@H]([C@H]1C(=O)O)C2(C)C)C(C)(C)C. The molecule has 0 aromatic carbocycles. The van der Waals surface area contributed by atoms with E-state index in [9.17, 15) is 19.5 Å². The largest absolute Gasteiger partial charge is 0.480 e. The number of carboxylic acids is 1. The highest BCUT2D eigenvalue weighted by molar-refractivity contribution is 5.92. The first kappa shape index (κ1) is 19.3. The molecule has 1 saturated carbocycles. The summed E-state index contributed by atoms with van der Waals surface area (Å²) >= 11 is 0. The average molecular weight is 351 g/mol. The van der Waals surface area contributed by atoms with Gasteiger partial charge >= 0.3 is 12.0 Å². The van der Waals surface area contributed by atoms with E-state index in [0.717, 1.165) is 0 Å². The van der Waals surface area contributed by atoms with Crippen LogP contribution in [0.15, 0.2) is 12.3 Å². The number of rotatable bonds is 4. The summed E-state index contributed by atoms with van der Waals surface area (Å²) in [6.45, 7) is 15.3. The van der Waals surface area contributed by atoms with Crippen LogP contribution in [0.25, 0.3) is 0 Å². The van der Waals surface area contributed by atoms with E-state index in [-0.39, 0.29) is 23.2 Å². The molecule has 2 rings (SSSR count). The predicted octanol–water partition coefficient (Wildman–Crippen LogP) is 1.80. The fraction of sp³-hybridized carbons (Fsp3) is 0.722. The van der Waals surface area contributed by atoms with E-state index in [1.54, 1.807) is 6.92 Å². The topological polar surface area (TPSA) is 98.7 Å². The lowest BCUT2D eigenvalue weighted by atomic mass is 9.85. The number of amides is 3. The Morgan fingerprint density at radius 3 is 2.28 bits per heavy atom. The van der Waals surface area contributed by atoms with Crippen LogP contribution in [0.5, 0.6) is 0 Å². The summed E-state index contributed by atoms with van der Waals surface area (Å²) in [6.07, 6.45) is 0. The van der Waals surface area contributed by atoms with Gasteiger partial charge in [-0.25, -0.2) is 9.59 Å². The Morgan fingerprint density at radius 2 is 1.84 bits per heavy atom. The van der Waals surface area contributed by atoms with Gasteiger partial charge in [-0.3, -0.25) is 4.79 Å². The van der Waals surface area contributed by atoms with Crippen LogP contribution in [-0.2, 0) is 9.59 Å². The van der Waals surface area contributed by atoms with Crippen molar-refractivity contribution in [3.8, 4) is 0 Å². The smallest absolute Gasteiger partial charge is 0.326 e. The Kier molecular flexibility index (Phi) is 4.65. The normalized spacial score (nSPS) is 27.9. The third kappa shape index (κ3) is 3.50. The van der Waals surface area contributed by atoms with Gasteiger partial charge in [0.1, 0.15) is 12.1 Å². The maximum Gasteiger partial charge on any atom is 0.326 e. The zero-order valence-corrected chi connectivity index (χ0v) is 15.8. The second-order valence-corrected chi connectivity index (χ2v) is 8.91. The van der Waals surface area contributed by atoms with Crippen LogP contribution >= 0.6 is 0 Å². The number of allylic oxidation sites excluding steroid dienone is 1. The number of fused-ring (bicyclic) bond motifs is 1. The van der Waals surface area contributed by atoms with Gasteiger partial charge in [0, 0.05) is 18.2 Å². The highest BCUT2D eigenvalue weighted by Crippen LogP contribution is 2.64. The molecule has 0 aromatic rings. The minimum Gasteiger partial charge on any atom is -0.480 e. The van der Waals surface area contributed by atoms with Crippen LogP contribution in [0.2, 0.25) is 0 Å². The molecule has 7 heteroatoms. The minimum absolute atomic E-state index is 0.0289. The number of carboxylic acid groups (broad SMARTS) is 1. The van der Waals surface area contributed by atoms with Gasteiger partial charge in [-0.05, 0) is 23.7 Å². The Bertz CT molecular complexity index is 620. The van der Waals surface area contributed by atoms with E-state index in [1.165, 1.54) is 4.90 Å². The van der Waals surface area contributed by atoms with Crippen molar-refractivity contribution in [1.82, 2.24) is 15.5 Å². The summed E-state index contributed by atoms with van der Waals surface area (Å²) in [5.41, 5.74) is -0.151. The van der Waals surface area contributed by atoms with Crippen molar-refractivity contribution in [3.05, 3.63) is 12.3 Å². The van der Waals surface area contributed by atoms with Crippen LogP contribution in [0.3, 0.4) is 0 Å². The molecule has 4 atom stereocenters.